The Kier molecular flexibility index (Phi) is 84.4. The van der Waals surface area contributed by atoms with E-state index in [1.165, 1.54) is 0 Å². The summed E-state index contributed by atoms with van der Waals surface area (Å²) in [5.74, 6) is 0. The molecule has 0 saturated carbocycles. The molecule has 4 heavy (non-hydrogen) atoms. The standard InChI is InChI=1S/Al.Na.SSi.4H/c;;1-2;;;;. The average Bonchev–Trinajstić information content (AvgIpc) is 1.00. The molecule has 18 valence electrons. The second kappa shape index (κ2) is 20.2. The molecule has 0 nitrogen and oxygen atoms in total. The molecule has 0 aliphatic heterocycles. The van der Waals surface area contributed by atoms with E-state index < -0.39 is 0 Å². The third-order valence-electron chi connectivity index (χ3n) is 0. The molecule has 0 aromatic heterocycles. The largest absolute Gasteiger partial charge is 0.137 e. The third kappa shape index (κ3) is 9.02. The molecule has 0 N–H and O–H groups in total. The minimum Gasteiger partial charge on any atom is -0.137 e. The summed E-state index contributed by atoms with van der Waals surface area (Å²) in [5.41, 5.74) is 0. The maximum Gasteiger partial charge on any atom is 0.137 e. The predicted molar refractivity (Wildman–Crippen MR) is 30.4 cm³/mol. The molecule has 0 fully saturated rings. The molecule has 0 amide bonds. The predicted octanol–water partition coefficient (Wildman–Crippen LogP) is -1.57. The SMILES string of the molecule is [AlH3].[NaH].[Si]=S. The maximum atomic E-state index is 3.89. The molecule has 0 spiro atoms. The van der Waals surface area contributed by atoms with Crippen molar-refractivity contribution in [1.29, 1.82) is 0 Å². The van der Waals surface area contributed by atoms with Gasteiger partial charge in [0.15, 0.2) is 17.4 Å². The zero-order valence-corrected chi connectivity index (χ0v) is 2.72. The second-order valence-corrected chi connectivity index (χ2v) is 0. The molecule has 0 atom stereocenters. The van der Waals surface area contributed by atoms with E-state index in [0.29, 0.717) is 0 Å². The second-order valence-electron chi connectivity index (χ2n) is 0. The molecule has 0 aromatic rings. The first-order valence-electron chi connectivity index (χ1n) is 0.204. The monoisotopic (exact) mass is 114 g/mol. The van der Waals surface area contributed by atoms with Crippen molar-refractivity contribution < 1.29 is 0 Å². The third-order valence-corrected chi connectivity index (χ3v) is 0. The van der Waals surface area contributed by atoms with Gasteiger partial charge in [-0.1, -0.05) is 0 Å². The maximum absolute atomic E-state index is 3.89. The van der Waals surface area contributed by atoms with Crippen molar-refractivity contribution in [3.8, 4) is 0 Å². The normalized spacial score (nSPS) is 1.00. The Morgan fingerprint density at radius 1 is 1.25 bits per heavy atom. The van der Waals surface area contributed by atoms with Crippen LogP contribution in [-0.4, -0.2) is 55.9 Å². The van der Waals surface area contributed by atoms with Crippen molar-refractivity contribution in [2.75, 3.05) is 0 Å². The van der Waals surface area contributed by atoms with Crippen LogP contribution in [0.5, 0.6) is 0 Å². The smallest absolute Gasteiger partial charge is 0.137 e. The van der Waals surface area contributed by atoms with Crippen molar-refractivity contribution in [1.82, 2.24) is 0 Å². The van der Waals surface area contributed by atoms with Gasteiger partial charge in [-0.3, -0.25) is 0 Å². The summed E-state index contributed by atoms with van der Waals surface area (Å²) < 4.78 is 0. The molecule has 2 radical (unpaired) electrons. The summed E-state index contributed by atoms with van der Waals surface area (Å²) in [5, 5.41) is 0. The van der Waals surface area contributed by atoms with Crippen LogP contribution in [0.25, 0.3) is 0 Å². The van der Waals surface area contributed by atoms with Crippen LogP contribution >= 0.6 is 11.6 Å². The Hall–Kier alpha value is 1.97. The van der Waals surface area contributed by atoms with Crippen molar-refractivity contribution in [3.05, 3.63) is 0 Å². The van der Waals surface area contributed by atoms with Crippen LogP contribution in [0, 0.1) is 0 Å². The Bertz CT molecular complexity index is 8.00. The summed E-state index contributed by atoms with van der Waals surface area (Å²) in [4.78, 5) is 0. The van der Waals surface area contributed by atoms with Crippen LogP contribution < -0.4 is 0 Å². The van der Waals surface area contributed by atoms with Crippen LogP contribution in [0.3, 0.4) is 0 Å². The van der Waals surface area contributed by atoms with E-state index in [4.69, 9.17) is 0 Å². The first kappa shape index (κ1) is 16.7. The zero-order chi connectivity index (χ0) is 2.00. The van der Waals surface area contributed by atoms with Gasteiger partial charge in [0.25, 0.3) is 0 Å². The van der Waals surface area contributed by atoms with Gasteiger partial charge in [-0.25, -0.2) is 0 Å². The number of rotatable bonds is 0. The minimum atomic E-state index is 0. The molecule has 0 bridgehead atoms. The average molecular weight is 114 g/mol. The summed E-state index contributed by atoms with van der Waals surface area (Å²) in [6, 6.07) is 0. The van der Waals surface area contributed by atoms with E-state index in [2.05, 4.69) is 20.6 Å². The van der Waals surface area contributed by atoms with Crippen LogP contribution in [0.1, 0.15) is 0 Å². The van der Waals surface area contributed by atoms with Crippen molar-refractivity contribution in [3.63, 3.8) is 0 Å². The molecular formula is H4AlNaSSi. The van der Waals surface area contributed by atoms with Crippen LogP contribution in [0.2, 0.25) is 0 Å². The summed E-state index contributed by atoms with van der Waals surface area (Å²) in [6.07, 6.45) is 0. The van der Waals surface area contributed by atoms with Crippen molar-refractivity contribution >= 4 is 67.5 Å². The molecule has 4 heteroatoms. The molecule has 0 unspecified atom stereocenters. The Morgan fingerprint density at radius 2 is 1.25 bits per heavy atom. The van der Waals surface area contributed by atoms with Gasteiger partial charge in [-0.15, -0.1) is 11.6 Å². The van der Waals surface area contributed by atoms with Crippen molar-refractivity contribution in [2.24, 2.45) is 0 Å². The van der Waals surface area contributed by atoms with Crippen molar-refractivity contribution in [2.45, 2.75) is 0 Å². The Balaban J connectivity index is -0.00000000500. The Morgan fingerprint density at radius 3 is 1.25 bits per heavy atom. The van der Waals surface area contributed by atoms with Gasteiger partial charge in [-0.05, 0) is 0 Å². The summed E-state index contributed by atoms with van der Waals surface area (Å²) in [7, 11) is 2.56. The topological polar surface area (TPSA) is 0 Å². The number of hydrogen-bond donors (Lipinski definition) is 0. The number of hydrogen-bond acceptors (Lipinski definition) is 1. The molecule has 0 aliphatic rings. The van der Waals surface area contributed by atoms with Gasteiger partial charge in [0.1, 0.15) is 8.95 Å². The van der Waals surface area contributed by atoms with E-state index in [1.54, 1.807) is 0 Å². The fourth-order valence-electron chi connectivity index (χ4n) is 0. The fourth-order valence-corrected chi connectivity index (χ4v) is 0. The minimum absolute atomic E-state index is 0. The van der Waals surface area contributed by atoms with Crippen LogP contribution in [0.15, 0.2) is 0 Å². The molecule has 0 saturated heterocycles. The molecule has 0 heterocycles. The van der Waals surface area contributed by atoms with E-state index in [1.807, 2.05) is 0 Å². The van der Waals surface area contributed by atoms with E-state index in [0.717, 1.165) is 0 Å². The van der Waals surface area contributed by atoms with Crippen LogP contribution in [0.4, 0.5) is 0 Å². The molecule has 0 aromatic carbocycles. The quantitative estimate of drug-likeness (QED) is 0.343. The fraction of sp³-hybridized carbons (Fsp3) is 0. The van der Waals surface area contributed by atoms with E-state index >= 15 is 0 Å². The van der Waals surface area contributed by atoms with Gasteiger partial charge < -0.3 is 0 Å². The summed E-state index contributed by atoms with van der Waals surface area (Å²) in [6.45, 7) is 0. The summed E-state index contributed by atoms with van der Waals surface area (Å²) >= 11 is 3.89. The zero-order valence-electron chi connectivity index (χ0n) is 0.908. The van der Waals surface area contributed by atoms with Gasteiger partial charge in [-0.2, -0.15) is 0 Å². The van der Waals surface area contributed by atoms with Gasteiger partial charge in [0.2, 0.25) is 0 Å². The van der Waals surface area contributed by atoms with Crippen LogP contribution in [-0.2, 0) is 0 Å². The van der Waals surface area contributed by atoms with Gasteiger partial charge in [0, 0.05) is 0 Å². The molecular weight excluding hydrogens is 110 g/mol. The first-order chi connectivity index (χ1) is 1.00. The molecule has 0 aliphatic carbocycles. The first-order valence-corrected chi connectivity index (χ1v) is 1.84. The van der Waals surface area contributed by atoms with Gasteiger partial charge in [0.05, 0.1) is 0 Å². The van der Waals surface area contributed by atoms with Gasteiger partial charge >= 0.3 is 29.6 Å². The Labute approximate surface area is 66.7 Å². The van der Waals surface area contributed by atoms with E-state index in [9.17, 15) is 0 Å². The molecule has 0 rings (SSSR count). The van der Waals surface area contributed by atoms with E-state index in [-0.39, 0.29) is 46.9 Å².